The molecule has 0 aliphatic heterocycles. The van der Waals surface area contributed by atoms with Crippen LogP contribution >= 0.6 is 22.9 Å². The molecule has 0 saturated heterocycles. The van der Waals surface area contributed by atoms with Crippen molar-refractivity contribution in [1.82, 2.24) is 4.98 Å². The zero-order chi connectivity index (χ0) is 10.7. The predicted molar refractivity (Wildman–Crippen MR) is 66.1 cm³/mol. The van der Waals surface area contributed by atoms with Gasteiger partial charge in [-0.3, -0.25) is 0 Å². The Labute approximate surface area is 97.9 Å². The Bertz CT molecular complexity index is 426. The van der Waals surface area contributed by atoms with Gasteiger partial charge in [0, 0.05) is 17.3 Å². The number of anilines is 2. The number of thiazole rings is 1. The van der Waals surface area contributed by atoms with Crippen molar-refractivity contribution in [2.24, 2.45) is 0 Å². The van der Waals surface area contributed by atoms with Gasteiger partial charge in [-0.2, -0.15) is 0 Å². The summed E-state index contributed by atoms with van der Waals surface area (Å²) in [6.07, 6.45) is 1.78. The van der Waals surface area contributed by atoms with Crippen LogP contribution in [-0.4, -0.2) is 4.98 Å². The van der Waals surface area contributed by atoms with Crippen molar-refractivity contribution in [3.05, 3.63) is 41.4 Å². The maximum absolute atomic E-state index is 6.09. The minimum Gasteiger partial charge on any atom is -0.331 e. The van der Waals surface area contributed by atoms with Crippen molar-refractivity contribution in [3.63, 3.8) is 0 Å². The van der Waals surface area contributed by atoms with E-state index in [2.05, 4.69) is 10.3 Å². The largest absolute Gasteiger partial charge is 0.331 e. The molecule has 1 heterocycles. The first-order chi connectivity index (χ1) is 7.27. The highest BCUT2D eigenvalue weighted by molar-refractivity contribution is 7.13. The minimum atomic E-state index is -0.00587. The molecule has 0 fully saturated rings. The molecule has 1 atom stereocenters. The minimum absolute atomic E-state index is 0.00587. The van der Waals surface area contributed by atoms with Crippen LogP contribution in [-0.2, 0) is 0 Å². The van der Waals surface area contributed by atoms with E-state index in [0.29, 0.717) is 0 Å². The second kappa shape index (κ2) is 4.64. The van der Waals surface area contributed by atoms with Gasteiger partial charge in [-0.15, -0.1) is 22.9 Å². The average Bonchev–Trinajstić information content (AvgIpc) is 2.71. The molecular weight excluding hydrogens is 228 g/mol. The fraction of sp³-hybridized carbons (Fsp3) is 0.182. The van der Waals surface area contributed by atoms with Gasteiger partial charge < -0.3 is 5.32 Å². The molecule has 0 bridgehead atoms. The number of alkyl halides is 1. The number of benzene rings is 1. The number of halogens is 1. The predicted octanol–water partition coefficient (Wildman–Crippen LogP) is 4.19. The summed E-state index contributed by atoms with van der Waals surface area (Å²) in [7, 11) is 0. The van der Waals surface area contributed by atoms with Gasteiger partial charge in [0.15, 0.2) is 5.13 Å². The lowest BCUT2D eigenvalue weighted by Crippen LogP contribution is -1.95. The van der Waals surface area contributed by atoms with Gasteiger partial charge in [0.2, 0.25) is 0 Å². The molecule has 0 amide bonds. The summed E-state index contributed by atoms with van der Waals surface area (Å²) in [6.45, 7) is 1.96. The molecule has 4 heteroatoms. The van der Waals surface area contributed by atoms with Crippen LogP contribution in [0.5, 0.6) is 0 Å². The number of para-hydroxylation sites is 1. The lowest BCUT2D eigenvalue weighted by Gasteiger charge is -2.11. The first kappa shape index (κ1) is 10.5. The summed E-state index contributed by atoms with van der Waals surface area (Å²) in [5.41, 5.74) is 2.12. The number of hydrogen-bond donors (Lipinski definition) is 1. The van der Waals surface area contributed by atoms with Crippen molar-refractivity contribution in [1.29, 1.82) is 0 Å². The lowest BCUT2D eigenvalue weighted by atomic mass is 10.1. The van der Waals surface area contributed by atoms with E-state index in [-0.39, 0.29) is 5.38 Å². The van der Waals surface area contributed by atoms with Gasteiger partial charge in [0.1, 0.15) is 0 Å². The number of rotatable bonds is 3. The van der Waals surface area contributed by atoms with Crippen LogP contribution in [0.2, 0.25) is 0 Å². The zero-order valence-corrected chi connectivity index (χ0v) is 9.85. The van der Waals surface area contributed by atoms with Crippen molar-refractivity contribution in [2.45, 2.75) is 12.3 Å². The number of hydrogen-bond acceptors (Lipinski definition) is 3. The molecule has 0 aliphatic carbocycles. The fourth-order valence-corrected chi connectivity index (χ4v) is 2.09. The van der Waals surface area contributed by atoms with E-state index in [9.17, 15) is 0 Å². The molecule has 1 aromatic carbocycles. The van der Waals surface area contributed by atoms with Crippen LogP contribution in [0, 0.1) is 0 Å². The Morgan fingerprint density at radius 3 is 2.87 bits per heavy atom. The molecule has 1 unspecified atom stereocenters. The summed E-state index contributed by atoms with van der Waals surface area (Å²) in [5.74, 6) is 0. The van der Waals surface area contributed by atoms with E-state index in [0.717, 1.165) is 16.4 Å². The SMILES string of the molecule is CC(Cl)c1ccccc1Nc1nccs1. The van der Waals surface area contributed by atoms with Gasteiger partial charge in [0.25, 0.3) is 0 Å². The van der Waals surface area contributed by atoms with Gasteiger partial charge in [-0.25, -0.2) is 4.98 Å². The zero-order valence-electron chi connectivity index (χ0n) is 8.27. The third-order valence-corrected chi connectivity index (χ3v) is 2.99. The molecule has 0 aliphatic rings. The fourth-order valence-electron chi connectivity index (χ4n) is 1.36. The number of nitrogens with zero attached hydrogens (tertiary/aromatic N) is 1. The van der Waals surface area contributed by atoms with Crippen molar-refractivity contribution in [2.75, 3.05) is 5.32 Å². The van der Waals surface area contributed by atoms with E-state index in [1.807, 2.05) is 36.6 Å². The smallest absolute Gasteiger partial charge is 0.187 e. The van der Waals surface area contributed by atoms with Crippen LogP contribution in [0.4, 0.5) is 10.8 Å². The maximum atomic E-state index is 6.09. The Balaban J connectivity index is 2.28. The van der Waals surface area contributed by atoms with E-state index in [1.165, 1.54) is 0 Å². The summed E-state index contributed by atoms with van der Waals surface area (Å²) in [6, 6.07) is 8.00. The topological polar surface area (TPSA) is 24.9 Å². The van der Waals surface area contributed by atoms with Crippen LogP contribution in [0.25, 0.3) is 0 Å². The first-order valence-corrected chi connectivity index (χ1v) is 5.98. The Morgan fingerprint density at radius 2 is 2.20 bits per heavy atom. The molecule has 1 aromatic heterocycles. The van der Waals surface area contributed by atoms with Gasteiger partial charge in [0.05, 0.1) is 5.38 Å². The average molecular weight is 239 g/mol. The Hall–Kier alpha value is -1.06. The van der Waals surface area contributed by atoms with E-state index in [4.69, 9.17) is 11.6 Å². The second-order valence-corrected chi connectivity index (χ2v) is 4.71. The highest BCUT2D eigenvalue weighted by Crippen LogP contribution is 2.29. The molecule has 2 rings (SSSR count). The molecule has 0 radical (unpaired) electrons. The summed E-state index contributed by atoms with van der Waals surface area (Å²) in [4.78, 5) is 4.18. The molecule has 0 saturated carbocycles. The molecule has 15 heavy (non-hydrogen) atoms. The number of aromatic nitrogens is 1. The molecular formula is C11H11ClN2S. The van der Waals surface area contributed by atoms with Crippen molar-refractivity contribution < 1.29 is 0 Å². The van der Waals surface area contributed by atoms with Gasteiger partial charge in [-0.1, -0.05) is 18.2 Å². The highest BCUT2D eigenvalue weighted by Gasteiger charge is 2.07. The molecule has 2 nitrogen and oxygen atoms in total. The number of nitrogens with one attached hydrogen (secondary N) is 1. The molecule has 1 N–H and O–H groups in total. The molecule has 2 aromatic rings. The first-order valence-electron chi connectivity index (χ1n) is 4.67. The normalized spacial score (nSPS) is 12.4. The van der Waals surface area contributed by atoms with E-state index < -0.39 is 0 Å². The van der Waals surface area contributed by atoms with E-state index in [1.54, 1.807) is 17.5 Å². The summed E-state index contributed by atoms with van der Waals surface area (Å²) < 4.78 is 0. The quantitative estimate of drug-likeness (QED) is 0.812. The third-order valence-electron chi connectivity index (χ3n) is 2.06. The maximum Gasteiger partial charge on any atom is 0.187 e. The van der Waals surface area contributed by atoms with Gasteiger partial charge in [-0.05, 0) is 18.6 Å². The molecule has 0 spiro atoms. The Kier molecular flexibility index (Phi) is 3.23. The monoisotopic (exact) mass is 238 g/mol. The lowest BCUT2D eigenvalue weighted by molar-refractivity contribution is 1.09. The van der Waals surface area contributed by atoms with Crippen molar-refractivity contribution in [3.8, 4) is 0 Å². The van der Waals surface area contributed by atoms with Crippen LogP contribution < -0.4 is 5.32 Å². The molecule has 78 valence electrons. The highest BCUT2D eigenvalue weighted by atomic mass is 35.5. The van der Waals surface area contributed by atoms with Crippen LogP contribution in [0.15, 0.2) is 35.8 Å². The van der Waals surface area contributed by atoms with Crippen molar-refractivity contribution >= 4 is 33.8 Å². The third kappa shape index (κ3) is 2.49. The van der Waals surface area contributed by atoms with Crippen LogP contribution in [0.1, 0.15) is 17.9 Å². The van der Waals surface area contributed by atoms with Gasteiger partial charge >= 0.3 is 0 Å². The summed E-state index contributed by atoms with van der Waals surface area (Å²) in [5, 5.41) is 6.08. The standard InChI is InChI=1S/C11H11ClN2S/c1-8(12)9-4-2-3-5-10(9)14-11-13-6-7-15-11/h2-8H,1H3,(H,13,14). The van der Waals surface area contributed by atoms with E-state index >= 15 is 0 Å². The van der Waals surface area contributed by atoms with Crippen LogP contribution in [0.3, 0.4) is 0 Å². The summed E-state index contributed by atoms with van der Waals surface area (Å²) >= 11 is 7.66. The Morgan fingerprint density at radius 1 is 1.40 bits per heavy atom. The second-order valence-electron chi connectivity index (χ2n) is 3.17.